The van der Waals surface area contributed by atoms with Crippen LogP contribution in [0.2, 0.25) is 5.02 Å². The Hall–Kier alpha value is -1.34. The van der Waals surface area contributed by atoms with Gasteiger partial charge in [0.2, 0.25) is 5.91 Å². The minimum absolute atomic E-state index is 0.420. The highest BCUT2D eigenvalue weighted by Crippen LogP contribution is 2.22. The first-order valence-corrected chi connectivity index (χ1v) is 7.38. The summed E-state index contributed by atoms with van der Waals surface area (Å²) < 4.78 is 36.4. The zero-order valence-electron chi connectivity index (χ0n) is 11.9. The van der Waals surface area contributed by atoms with Crippen molar-refractivity contribution in [3.8, 4) is 0 Å². The van der Waals surface area contributed by atoms with Gasteiger partial charge in [-0.3, -0.25) is 14.7 Å². The molecule has 1 fully saturated rings. The summed E-state index contributed by atoms with van der Waals surface area (Å²) in [6.07, 6.45) is 0.179. The maximum Gasteiger partial charge on any atom is 0.405 e. The van der Waals surface area contributed by atoms with Gasteiger partial charge in [0.05, 0.1) is 10.9 Å². The molecule has 1 unspecified atom stereocenters. The van der Waals surface area contributed by atoms with Crippen molar-refractivity contribution in [1.82, 2.24) is 15.2 Å². The Balaban J connectivity index is 1.89. The molecular weight excluding hydrogens is 319 g/mol. The number of hydrogen-bond acceptors (Lipinski definition) is 3. The van der Waals surface area contributed by atoms with Gasteiger partial charge >= 0.3 is 6.18 Å². The van der Waals surface area contributed by atoms with Gasteiger partial charge in [0, 0.05) is 25.5 Å². The third-order valence-corrected chi connectivity index (χ3v) is 3.93. The second kappa shape index (κ2) is 7.28. The Kier molecular flexibility index (Phi) is 5.63. The second-order valence-corrected chi connectivity index (χ2v) is 5.78. The fourth-order valence-electron chi connectivity index (χ4n) is 2.52. The molecule has 1 amide bonds. The fourth-order valence-corrected chi connectivity index (χ4v) is 2.70. The first kappa shape index (κ1) is 17.0. The average Bonchev–Trinajstić information content (AvgIpc) is 2.47. The number of aromatic nitrogens is 1. The highest BCUT2D eigenvalue weighted by atomic mass is 35.5. The number of piperidine rings is 1. The first-order valence-electron chi connectivity index (χ1n) is 7.00. The molecule has 122 valence electrons. The molecule has 1 aliphatic rings. The van der Waals surface area contributed by atoms with Gasteiger partial charge in [-0.25, -0.2) is 0 Å². The molecule has 1 aliphatic heterocycles. The van der Waals surface area contributed by atoms with Gasteiger partial charge in [0.25, 0.3) is 0 Å². The number of halogens is 4. The summed E-state index contributed by atoms with van der Waals surface area (Å²) in [6.45, 7) is 0.507. The van der Waals surface area contributed by atoms with E-state index in [0.717, 1.165) is 18.5 Å². The smallest absolute Gasteiger partial charge is 0.347 e. The van der Waals surface area contributed by atoms with Crippen LogP contribution < -0.4 is 5.32 Å². The molecule has 0 radical (unpaired) electrons. The van der Waals surface area contributed by atoms with Crippen LogP contribution in [0.3, 0.4) is 0 Å². The number of nitrogens with one attached hydrogen (secondary N) is 1. The Morgan fingerprint density at radius 3 is 2.95 bits per heavy atom. The number of likely N-dealkylation sites (tertiary alicyclic amines) is 1. The van der Waals surface area contributed by atoms with E-state index in [-0.39, 0.29) is 0 Å². The summed E-state index contributed by atoms with van der Waals surface area (Å²) >= 11 is 6.05. The molecule has 2 rings (SSSR count). The van der Waals surface area contributed by atoms with Gasteiger partial charge in [-0.2, -0.15) is 13.2 Å². The van der Waals surface area contributed by atoms with Crippen molar-refractivity contribution in [2.75, 3.05) is 19.6 Å². The van der Waals surface area contributed by atoms with Crippen LogP contribution >= 0.6 is 11.6 Å². The lowest BCUT2D eigenvalue weighted by molar-refractivity contribution is -0.141. The standard InChI is InChI=1S/C14H17ClF3N3O/c15-12-6-19-4-3-10(12)7-21-5-1-2-11(8-21)13(22)20-9-14(16,17)18/h3-4,6,11H,1-2,5,7-9H2,(H,20,22). The van der Waals surface area contributed by atoms with E-state index >= 15 is 0 Å². The zero-order valence-corrected chi connectivity index (χ0v) is 12.6. The molecule has 4 nitrogen and oxygen atoms in total. The lowest BCUT2D eigenvalue weighted by atomic mass is 9.96. The van der Waals surface area contributed by atoms with Crippen molar-refractivity contribution < 1.29 is 18.0 Å². The van der Waals surface area contributed by atoms with Crippen molar-refractivity contribution >= 4 is 17.5 Å². The van der Waals surface area contributed by atoms with Gasteiger partial charge < -0.3 is 5.32 Å². The monoisotopic (exact) mass is 335 g/mol. The predicted molar refractivity (Wildman–Crippen MR) is 76.3 cm³/mol. The molecule has 0 aromatic carbocycles. The van der Waals surface area contributed by atoms with Gasteiger partial charge in [-0.15, -0.1) is 0 Å². The lowest BCUT2D eigenvalue weighted by Crippen LogP contribution is -2.44. The van der Waals surface area contributed by atoms with E-state index in [1.165, 1.54) is 0 Å². The summed E-state index contributed by atoms with van der Waals surface area (Å²) in [6, 6.07) is 1.80. The molecule has 1 N–H and O–H groups in total. The highest BCUT2D eigenvalue weighted by molar-refractivity contribution is 6.31. The maximum absolute atomic E-state index is 12.1. The molecule has 0 spiro atoms. The summed E-state index contributed by atoms with van der Waals surface area (Å²) in [5.41, 5.74) is 0.896. The number of rotatable bonds is 4. The molecule has 1 aromatic rings. The number of carbonyl (C=O) groups excluding carboxylic acids is 1. The largest absolute Gasteiger partial charge is 0.405 e. The van der Waals surface area contributed by atoms with Crippen LogP contribution in [0, 0.1) is 5.92 Å². The minimum atomic E-state index is -4.38. The van der Waals surface area contributed by atoms with Crippen LogP contribution in [0.4, 0.5) is 13.2 Å². The molecule has 0 bridgehead atoms. The van der Waals surface area contributed by atoms with E-state index in [4.69, 9.17) is 11.6 Å². The van der Waals surface area contributed by atoms with Crippen LogP contribution in [0.1, 0.15) is 18.4 Å². The van der Waals surface area contributed by atoms with E-state index in [2.05, 4.69) is 4.98 Å². The molecule has 22 heavy (non-hydrogen) atoms. The number of pyridine rings is 1. The molecule has 2 heterocycles. The molecule has 0 saturated carbocycles. The Bertz CT molecular complexity index is 524. The zero-order chi connectivity index (χ0) is 16.2. The average molecular weight is 336 g/mol. The summed E-state index contributed by atoms with van der Waals surface area (Å²) in [5.74, 6) is -0.959. The van der Waals surface area contributed by atoms with Gasteiger partial charge in [-0.05, 0) is 31.0 Å². The van der Waals surface area contributed by atoms with Crippen molar-refractivity contribution in [2.45, 2.75) is 25.6 Å². The van der Waals surface area contributed by atoms with Crippen LogP contribution in [0.25, 0.3) is 0 Å². The molecule has 1 aromatic heterocycles. The van der Waals surface area contributed by atoms with Crippen LogP contribution in [-0.2, 0) is 11.3 Å². The fraction of sp³-hybridized carbons (Fsp3) is 0.571. The second-order valence-electron chi connectivity index (χ2n) is 5.37. The SMILES string of the molecule is O=C(NCC(F)(F)F)C1CCCN(Cc2ccncc2Cl)C1. The topological polar surface area (TPSA) is 45.2 Å². The van der Waals surface area contributed by atoms with E-state index < -0.39 is 24.5 Å². The summed E-state index contributed by atoms with van der Waals surface area (Å²) in [5, 5.41) is 2.51. The van der Waals surface area contributed by atoms with Crippen molar-refractivity contribution in [3.63, 3.8) is 0 Å². The quantitative estimate of drug-likeness (QED) is 0.920. The third kappa shape index (κ3) is 5.14. The molecule has 0 aliphatic carbocycles. The van der Waals surface area contributed by atoms with Gasteiger partial charge in [-0.1, -0.05) is 11.6 Å². The van der Waals surface area contributed by atoms with Crippen LogP contribution in [0.15, 0.2) is 18.5 Å². The van der Waals surface area contributed by atoms with Crippen LogP contribution in [-0.4, -0.2) is 41.6 Å². The number of amides is 1. The minimum Gasteiger partial charge on any atom is -0.347 e. The normalized spacial score (nSPS) is 19.9. The Labute approximate surface area is 131 Å². The van der Waals surface area contributed by atoms with E-state index in [0.29, 0.717) is 24.5 Å². The highest BCUT2D eigenvalue weighted by Gasteiger charge is 2.31. The van der Waals surface area contributed by atoms with Crippen molar-refractivity contribution in [1.29, 1.82) is 0 Å². The van der Waals surface area contributed by atoms with Gasteiger partial charge in [0.1, 0.15) is 6.54 Å². The van der Waals surface area contributed by atoms with Crippen molar-refractivity contribution in [3.05, 3.63) is 29.0 Å². The number of nitrogens with zero attached hydrogens (tertiary/aromatic N) is 2. The Morgan fingerprint density at radius 1 is 1.50 bits per heavy atom. The van der Waals surface area contributed by atoms with E-state index in [1.54, 1.807) is 18.5 Å². The van der Waals surface area contributed by atoms with Crippen LogP contribution in [0.5, 0.6) is 0 Å². The molecule has 1 saturated heterocycles. The predicted octanol–water partition coefficient (Wildman–Crippen LogP) is 2.63. The third-order valence-electron chi connectivity index (χ3n) is 3.59. The van der Waals surface area contributed by atoms with E-state index in [1.807, 2.05) is 10.2 Å². The van der Waals surface area contributed by atoms with E-state index in [9.17, 15) is 18.0 Å². The number of hydrogen-bond donors (Lipinski definition) is 1. The molecule has 1 atom stereocenters. The van der Waals surface area contributed by atoms with Crippen molar-refractivity contribution in [2.24, 2.45) is 5.92 Å². The van der Waals surface area contributed by atoms with Gasteiger partial charge in [0.15, 0.2) is 0 Å². The maximum atomic E-state index is 12.1. The number of carbonyl (C=O) groups is 1. The molecular formula is C14H17ClF3N3O. The Morgan fingerprint density at radius 2 is 2.27 bits per heavy atom. The lowest BCUT2D eigenvalue weighted by Gasteiger charge is -2.32. The summed E-state index contributed by atoms with van der Waals surface area (Å²) in [7, 11) is 0. The first-order chi connectivity index (χ1) is 10.3. The number of alkyl halides is 3. The molecule has 8 heteroatoms. The summed E-state index contributed by atoms with van der Waals surface area (Å²) in [4.78, 5) is 17.8.